The van der Waals surface area contributed by atoms with Crippen LogP contribution in [0.2, 0.25) is 0 Å². The SMILES string of the molecule is COCC(=O)N1CCSc2cc(C(O)(C(F)(F)F)C(F)(F)F)ccc21. The Labute approximate surface area is 142 Å². The first kappa shape index (κ1) is 19.9. The van der Waals surface area contributed by atoms with E-state index in [1.54, 1.807) is 0 Å². The Morgan fingerprint density at radius 2 is 1.84 bits per heavy atom. The van der Waals surface area contributed by atoms with Crippen molar-refractivity contribution in [3.63, 3.8) is 0 Å². The molecule has 140 valence electrons. The van der Waals surface area contributed by atoms with Crippen LogP contribution in [-0.4, -0.2) is 49.4 Å². The van der Waals surface area contributed by atoms with Crippen LogP contribution in [0.3, 0.4) is 0 Å². The molecule has 1 aromatic carbocycles. The van der Waals surface area contributed by atoms with E-state index < -0.39 is 29.4 Å². The number of aliphatic hydroxyl groups is 1. The maximum atomic E-state index is 13.0. The lowest BCUT2D eigenvalue weighted by atomic mass is 9.92. The summed E-state index contributed by atoms with van der Waals surface area (Å²) in [5.41, 5.74) is -6.16. The molecule has 25 heavy (non-hydrogen) atoms. The van der Waals surface area contributed by atoms with Crippen LogP contribution < -0.4 is 4.90 Å². The van der Waals surface area contributed by atoms with Gasteiger partial charge in [-0.05, 0) is 12.1 Å². The van der Waals surface area contributed by atoms with Gasteiger partial charge in [0.1, 0.15) is 6.61 Å². The number of alkyl halides is 6. The molecule has 1 N–H and O–H groups in total. The van der Waals surface area contributed by atoms with Gasteiger partial charge in [-0.3, -0.25) is 4.79 Å². The molecule has 11 heteroatoms. The lowest BCUT2D eigenvalue weighted by Crippen LogP contribution is -2.54. The van der Waals surface area contributed by atoms with Crippen LogP contribution in [-0.2, 0) is 15.1 Å². The van der Waals surface area contributed by atoms with Gasteiger partial charge in [0.05, 0.1) is 5.69 Å². The molecule has 0 atom stereocenters. The minimum Gasteiger partial charge on any atom is -0.375 e. The highest BCUT2D eigenvalue weighted by Crippen LogP contribution is 2.51. The second kappa shape index (κ2) is 6.69. The minimum absolute atomic E-state index is 0.0418. The molecule has 0 radical (unpaired) electrons. The van der Waals surface area contributed by atoms with E-state index in [9.17, 15) is 36.2 Å². The molecular formula is C14H13F6NO3S. The highest BCUT2D eigenvalue weighted by atomic mass is 32.2. The minimum atomic E-state index is -5.95. The van der Waals surface area contributed by atoms with Gasteiger partial charge in [0.25, 0.3) is 11.5 Å². The quantitative estimate of drug-likeness (QED) is 0.808. The molecule has 2 rings (SSSR count). The lowest BCUT2D eigenvalue weighted by molar-refractivity contribution is -0.376. The summed E-state index contributed by atoms with van der Waals surface area (Å²) in [6.07, 6.45) is -11.9. The summed E-state index contributed by atoms with van der Waals surface area (Å²) in [6.45, 7) is -0.0388. The van der Waals surface area contributed by atoms with E-state index in [4.69, 9.17) is 4.74 Å². The number of halogens is 6. The van der Waals surface area contributed by atoms with Crippen molar-refractivity contribution in [1.29, 1.82) is 0 Å². The number of fused-ring (bicyclic) bond motifs is 1. The Morgan fingerprint density at radius 1 is 1.24 bits per heavy atom. The normalized spacial score (nSPS) is 15.9. The molecule has 1 aromatic rings. The predicted molar refractivity (Wildman–Crippen MR) is 77.4 cm³/mol. The molecule has 0 fully saturated rings. The zero-order valence-electron chi connectivity index (χ0n) is 12.7. The van der Waals surface area contributed by atoms with E-state index in [1.807, 2.05) is 0 Å². The van der Waals surface area contributed by atoms with E-state index in [-0.39, 0.29) is 29.5 Å². The molecule has 0 aromatic heterocycles. The maximum absolute atomic E-state index is 13.0. The summed E-state index contributed by atoms with van der Waals surface area (Å²) in [5, 5.41) is 9.46. The predicted octanol–water partition coefficient (Wildman–Crippen LogP) is 3.08. The number of nitrogens with zero attached hydrogens (tertiary/aromatic N) is 1. The first-order chi connectivity index (χ1) is 11.4. The molecule has 1 aliphatic heterocycles. The van der Waals surface area contributed by atoms with Gasteiger partial charge in [-0.2, -0.15) is 26.3 Å². The average Bonchev–Trinajstić information content (AvgIpc) is 2.51. The number of ether oxygens (including phenoxy) is 1. The standard InChI is InChI=1S/C14H13F6NO3S/c1-24-7-11(22)21-4-5-25-10-6-8(2-3-9(10)21)12(23,13(15,16)17)14(18,19)20/h2-3,6,23H,4-5,7H2,1H3. The van der Waals surface area contributed by atoms with Crippen molar-refractivity contribution in [2.24, 2.45) is 0 Å². The van der Waals surface area contributed by atoms with Crippen LogP contribution in [0.25, 0.3) is 0 Å². The number of anilines is 1. The van der Waals surface area contributed by atoms with Crippen LogP contribution in [0.4, 0.5) is 32.0 Å². The van der Waals surface area contributed by atoms with Gasteiger partial charge in [-0.15, -0.1) is 11.8 Å². The summed E-state index contributed by atoms with van der Waals surface area (Å²) in [7, 11) is 1.29. The van der Waals surface area contributed by atoms with E-state index in [0.717, 1.165) is 17.8 Å². The number of benzene rings is 1. The van der Waals surface area contributed by atoms with Crippen molar-refractivity contribution in [1.82, 2.24) is 0 Å². The van der Waals surface area contributed by atoms with Crippen molar-refractivity contribution in [3.05, 3.63) is 23.8 Å². The summed E-state index contributed by atoms with van der Waals surface area (Å²) in [4.78, 5) is 13.2. The molecule has 0 saturated carbocycles. The van der Waals surface area contributed by atoms with Gasteiger partial charge >= 0.3 is 12.4 Å². The maximum Gasteiger partial charge on any atom is 0.430 e. The smallest absolute Gasteiger partial charge is 0.375 e. The number of carbonyl (C=O) groups is 1. The van der Waals surface area contributed by atoms with Crippen molar-refractivity contribution >= 4 is 23.4 Å². The van der Waals surface area contributed by atoms with Gasteiger partial charge < -0.3 is 14.7 Å². The fraction of sp³-hybridized carbons (Fsp3) is 0.500. The van der Waals surface area contributed by atoms with Crippen LogP contribution in [0, 0.1) is 0 Å². The van der Waals surface area contributed by atoms with Crippen LogP contribution in [0.15, 0.2) is 23.1 Å². The van der Waals surface area contributed by atoms with E-state index >= 15 is 0 Å². The number of hydrogen-bond donors (Lipinski definition) is 1. The number of thioether (sulfide) groups is 1. The van der Waals surface area contributed by atoms with Gasteiger partial charge in [-0.1, -0.05) is 6.07 Å². The Balaban J connectivity index is 2.52. The monoisotopic (exact) mass is 389 g/mol. The molecule has 0 aliphatic carbocycles. The van der Waals surface area contributed by atoms with E-state index in [1.165, 1.54) is 12.0 Å². The van der Waals surface area contributed by atoms with Crippen molar-refractivity contribution in [2.75, 3.05) is 30.9 Å². The third-order valence-corrected chi connectivity index (χ3v) is 4.65. The highest BCUT2D eigenvalue weighted by Gasteiger charge is 2.71. The Morgan fingerprint density at radius 3 is 2.36 bits per heavy atom. The van der Waals surface area contributed by atoms with Crippen LogP contribution in [0.5, 0.6) is 0 Å². The molecule has 1 aliphatic rings. The van der Waals surface area contributed by atoms with Crippen molar-refractivity contribution < 1.29 is 41.0 Å². The number of amides is 1. The zero-order valence-corrected chi connectivity index (χ0v) is 13.6. The summed E-state index contributed by atoms with van der Waals surface area (Å²) in [6, 6.07) is 2.11. The van der Waals surface area contributed by atoms with Crippen molar-refractivity contribution in [2.45, 2.75) is 22.8 Å². The van der Waals surface area contributed by atoms with E-state index in [2.05, 4.69) is 0 Å². The molecule has 0 saturated heterocycles. The fourth-order valence-corrected chi connectivity index (χ4v) is 3.42. The highest BCUT2D eigenvalue weighted by molar-refractivity contribution is 7.99. The van der Waals surface area contributed by atoms with Gasteiger partial charge in [-0.25, -0.2) is 0 Å². The average molecular weight is 389 g/mol. The zero-order chi connectivity index (χ0) is 19.0. The van der Waals surface area contributed by atoms with Gasteiger partial charge in [0.2, 0.25) is 0 Å². The summed E-state index contributed by atoms with van der Waals surface area (Å²) >= 11 is 0.999. The number of carbonyl (C=O) groups excluding carboxylic acids is 1. The Hall–Kier alpha value is -1.46. The van der Waals surface area contributed by atoms with Crippen LogP contribution >= 0.6 is 11.8 Å². The van der Waals surface area contributed by atoms with Crippen LogP contribution in [0.1, 0.15) is 5.56 Å². The number of methoxy groups -OCH3 is 1. The van der Waals surface area contributed by atoms with Crippen molar-refractivity contribution in [3.8, 4) is 0 Å². The Kier molecular flexibility index (Phi) is 5.31. The fourth-order valence-electron chi connectivity index (χ4n) is 2.39. The first-order valence-electron chi connectivity index (χ1n) is 6.86. The molecule has 1 amide bonds. The third kappa shape index (κ3) is 3.44. The van der Waals surface area contributed by atoms with E-state index in [0.29, 0.717) is 12.1 Å². The lowest BCUT2D eigenvalue weighted by Gasteiger charge is -2.34. The molecular weight excluding hydrogens is 376 g/mol. The largest absolute Gasteiger partial charge is 0.430 e. The second-order valence-electron chi connectivity index (χ2n) is 5.22. The molecule has 0 spiro atoms. The van der Waals surface area contributed by atoms with Gasteiger partial charge in [0.15, 0.2) is 0 Å². The number of rotatable bonds is 3. The molecule has 0 bridgehead atoms. The van der Waals surface area contributed by atoms with Gasteiger partial charge in [0, 0.05) is 29.9 Å². The third-order valence-electron chi connectivity index (χ3n) is 3.63. The topological polar surface area (TPSA) is 49.8 Å². The Bertz CT molecular complexity index is 647. The number of hydrogen-bond acceptors (Lipinski definition) is 4. The molecule has 0 unspecified atom stereocenters. The summed E-state index contributed by atoms with van der Waals surface area (Å²) in [5.74, 6) is -0.193. The summed E-state index contributed by atoms with van der Waals surface area (Å²) < 4.78 is 82.5. The second-order valence-corrected chi connectivity index (χ2v) is 6.35. The first-order valence-corrected chi connectivity index (χ1v) is 7.84. The molecule has 1 heterocycles. The molecule has 4 nitrogen and oxygen atoms in total.